The lowest BCUT2D eigenvalue weighted by Gasteiger charge is -2.22. The van der Waals surface area contributed by atoms with Crippen LogP contribution in [-0.4, -0.2) is 18.8 Å². The molecule has 0 radical (unpaired) electrons. The Bertz CT molecular complexity index is 853. The predicted octanol–water partition coefficient (Wildman–Crippen LogP) is 3.05. The number of hydrogen-bond donors (Lipinski definition) is 0. The normalized spacial score (nSPS) is 14.7. The Morgan fingerprint density at radius 2 is 1.78 bits per heavy atom. The van der Waals surface area contributed by atoms with Crippen molar-refractivity contribution in [3.05, 3.63) is 65.5 Å². The molecule has 1 aliphatic carbocycles. The van der Waals surface area contributed by atoms with Crippen LogP contribution in [0.15, 0.2) is 53.4 Å². The SMILES string of the molecule is N#Cc1ccccc1S(=O)(=O)N(Cc1ccc(F)cc1)C1CC1. The zero-order valence-corrected chi connectivity index (χ0v) is 13.1. The fourth-order valence-electron chi connectivity index (χ4n) is 2.45. The number of nitriles is 1. The monoisotopic (exact) mass is 330 g/mol. The van der Waals surface area contributed by atoms with Crippen molar-refractivity contribution in [2.45, 2.75) is 30.3 Å². The Morgan fingerprint density at radius 1 is 1.13 bits per heavy atom. The maximum Gasteiger partial charge on any atom is 0.244 e. The molecule has 4 nitrogen and oxygen atoms in total. The van der Waals surface area contributed by atoms with Gasteiger partial charge in [0.25, 0.3) is 0 Å². The molecule has 0 amide bonds. The Balaban J connectivity index is 1.97. The van der Waals surface area contributed by atoms with Crippen LogP contribution >= 0.6 is 0 Å². The lowest BCUT2D eigenvalue weighted by molar-refractivity contribution is 0.398. The average Bonchev–Trinajstić information content (AvgIpc) is 3.38. The zero-order valence-electron chi connectivity index (χ0n) is 12.3. The summed E-state index contributed by atoms with van der Waals surface area (Å²) in [7, 11) is -3.77. The molecule has 2 aromatic carbocycles. The van der Waals surface area contributed by atoms with E-state index in [1.165, 1.54) is 28.6 Å². The molecule has 0 heterocycles. The number of halogens is 1. The summed E-state index contributed by atoms with van der Waals surface area (Å²) in [6, 6.07) is 13.9. The first-order chi connectivity index (χ1) is 11.0. The molecule has 0 unspecified atom stereocenters. The van der Waals surface area contributed by atoms with Crippen molar-refractivity contribution in [2.24, 2.45) is 0 Å². The summed E-state index contributed by atoms with van der Waals surface area (Å²) in [5.74, 6) is -0.357. The van der Waals surface area contributed by atoms with Crippen molar-refractivity contribution in [3.63, 3.8) is 0 Å². The van der Waals surface area contributed by atoms with E-state index < -0.39 is 10.0 Å². The van der Waals surface area contributed by atoms with Gasteiger partial charge in [0.05, 0.1) is 10.5 Å². The highest BCUT2D eigenvalue weighted by molar-refractivity contribution is 7.89. The maximum absolute atomic E-state index is 13.0. The van der Waals surface area contributed by atoms with Gasteiger partial charge in [0.15, 0.2) is 0 Å². The summed E-state index contributed by atoms with van der Waals surface area (Å²) >= 11 is 0. The van der Waals surface area contributed by atoms with Crippen LogP contribution in [0.5, 0.6) is 0 Å². The quantitative estimate of drug-likeness (QED) is 0.846. The number of benzene rings is 2. The van der Waals surface area contributed by atoms with Crippen molar-refractivity contribution in [3.8, 4) is 6.07 Å². The Labute approximate surface area is 134 Å². The fraction of sp³-hybridized carbons (Fsp3) is 0.235. The number of nitrogens with zero attached hydrogens (tertiary/aromatic N) is 2. The topological polar surface area (TPSA) is 61.2 Å². The van der Waals surface area contributed by atoms with E-state index in [2.05, 4.69) is 0 Å². The minimum Gasteiger partial charge on any atom is -0.207 e. The molecule has 3 rings (SSSR count). The van der Waals surface area contributed by atoms with Crippen LogP contribution in [0.1, 0.15) is 24.0 Å². The number of sulfonamides is 1. The minimum atomic E-state index is -3.77. The van der Waals surface area contributed by atoms with Crippen molar-refractivity contribution in [1.82, 2.24) is 4.31 Å². The van der Waals surface area contributed by atoms with Gasteiger partial charge in [0, 0.05) is 12.6 Å². The molecule has 1 aliphatic rings. The van der Waals surface area contributed by atoms with E-state index in [1.807, 2.05) is 6.07 Å². The second-order valence-electron chi connectivity index (χ2n) is 5.52. The van der Waals surface area contributed by atoms with Crippen molar-refractivity contribution >= 4 is 10.0 Å². The van der Waals surface area contributed by atoms with E-state index in [4.69, 9.17) is 5.26 Å². The minimum absolute atomic E-state index is 0.0245. The second-order valence-corrected chi connectivity index (χ2v) is 7.37. The lowest BCUT2D eigenvalue weighted by Crippen LogP contribution is -2.33. The lowest BCUT2D eigenvalue weighted by atomic mass is 10.2. The Morgan fingerprint density at radius 3 is 2.39 bits per heavy atom. The molecule has 6 heteroatoms. The highest BCUT2D eigenvalue weighted by atomic mass is 32.2. The van der Waals surface area contributed by atoms with Crippen molar-refractivity contribution in [1.29, 1.82) is 5.26 Å². The molecule has 0 atom stereocenters. The van der Waals surface area contributed by atoms with E-state index in [0.29, 0.717) is 0 Å². The fourth-order valence-corrected chi connectivity index (χ4v) is 4.27. The Kier molecular flexibility index (Phi) is 4.16. The third-order valence-corrected chi connectivity index (χ3v) is 5.76. The van der Waals surface area contributed by atoms with Crippen LogP contribution in [0.25, 0.3) is 0 Å². The molecular formula is C17H15FN2O2S. The van der Waals surface area contributed by atoms with Gasteiger partial charge in [-0.15, -0.1) is 0 Å². The van der Waals surface area contributed by atoms with E-state index in [9.17, 15) is 12.8 Å². The summed E-state index contributed by atoms with van der Waals surface area (Å²) in [4.78, 5) is 0.0245. The summed E-state index contributed by atoms with van der Waals surface area (Å²) in [5.41, 5.74) is 0.855. The van der Waals surface area contributed by atoms with Gasteiger partial charge in [-0.1, -0.05) is 24.3 Å². The van der Waals surface area contributed by atoms with Crippen LogP contribution in [0.4, 0.5) is 4.39 Å². The van der Waals surface area contributed by atoms with Gasteiger partial charge in [0.1, 0.15) is 11.9 Å². The van der Waals surface area contributed by atoms with E-state index >= 15 is 0 Å². The maximum atomic E-state index is 13.0. The molecule has 1 fully saturated rings. The van der Waals surface area contributed by atoms with Gasteiger partial charge in [-0.2, -0.15) is 9.57 Å². The van der Waals surface area contributed by atoms with Crippen LogP contribution in [0, 0.1) is 17.1 Å². The first-order valence-electron chi connectivity index (χ1n) is 7.28. The number of hydrogen-bond acceptors (Lipinski definition) is 3. The summed E-state index contributed by atoms with van der Waals surface area (Å²) in [6.45, 7) is 0.174. The van der Waals surface area contributed by atoms with Gasteiger partial charge >= 0.3 is 0 Å². The molecule has 0 N–H and O–H groups in total. The van der Waals surface area contributed by atoms with Gasteiger partial charge < -0.3 is 0 Å². The van der Waals surface area contributed by atoms with Gasteiger partial charge in [0.2, 0.25) is 10.0 Å². The summed E-state index contributed by atoms with van der Waals surface area (Å²) in [6.07, 6.45) is 1.60. The molecule has 0 spiro atoms. The number of rotatable bonds is 5. The zero-order chi connectivity index (χ0) is 16.4. The molecule has 2 aromatic rings. The second kappa shape index (κ2) is 6.11. The van der Waals surface area contributed by atoms with Crippen LogP contribution in [0.2, 0.25) is 0 Å². The molecule has 23 heavy (non-hydrogen) atoms. The molecule has 0 saturated heterocycles. The van der Waals surface area contributed by atoms with Crippen LogP contribution in [-0.2, 0) is 16.6 Å². The first kappa shape index (κ1) is 15.7. The van der Waals surface area contributed by atoms with Crippen molar-refractivity contribution < 1.29 is 12.8 Å². The van der Waals surface area contributed by atoms with Gasteiger partial charge in [-0.05, 0) is 42.7 Å². The molecule has 0 bridgehead atoms. The highest BCUT2D eigenvalue weighted by Crippen LogP contribution is 2.34. The van der Waals surface area contributed by atoms with Crippen molar-refractivity contribution in [2.75, 3.05) is 0 Å². The van der Waals surface area contributed by atoms with Gasteiger partial charge in [-0.3, -0.25) is 0 Å². The average molecular weight is 330 g/mol. The standard InChI is InChI=1S/C17H15FN2O2S/c18-15-7-5-13(6-8-15)12-20(16-9-10-16)23(21,22)17-4-2-1-3-14(17)11-19/h1-8,16H,9-10,12H2. The summed E-state index contributed by atoms with van der Waals surface area (Å²) in [5, 5.41) is 9.16. The molecule has 118 valence electrons. The van der Waals surface area contributed by atoms with Gasteiger partial charge in [-0.25, -0.2) is 12.8 Å². The molecule has 0 aromatic heterocycles. The van der Waals surface area contributed by atoms with E-state index in [0.717, 1.165) is 18.4 Å². The van der Waals surface area contributed by atoms with E-state index in [1.54, 1.807) is 24.3 Å². The first-order valence-corrected chi connectivity index (χ1v) is 8.72. The van der Waals surface area contributed by atoms with E-state index in [-0.39, 0.29) is 28.9 Å². The molecule has 1 saturated carbocycles. The highest BCUT2D eigenvalue weighted by Gasteiger charge is 2.38. The largest absolute Gasteiger partial charge is 0.244 e. The third-order valence-electron chi connectivity index (χ3n) is 3.80. The summed E-state index contributed by atoms with van der Waals surface area (Å²) < 4.78 is 40.4. The van der Waals surface area contributed by atoms with Crippen LogP contribution in [0.3, 0.4) is 0 Å². The predicted molar refractivity (Wildman–Crippen MR) is 83.3 cm³/mol. The smallest absolute Gasteiger partial charge is 0.207 e. The molecule has 0 aliphatic heterocycles. The van der Waals surface area contributed by atoms with Crippen LogP contribution < -0.4 is 0 Å². The third kappa shape index (κ3) is 3.26. The molecular weight excluding hydrogens is 315 g/mol. The Hall–Kier alpha value is -2.23.